The fraction of sp³-hybridized carbons (Fsp3) is 0.471. The smallest absolute Gasteiger partial charge is 0.249 e. The maximum absolute atomic E-state index is 6.13. The topological polar surface area (TPSA) is 81.2 Å². The van der Waals surface area contributed by atoms with Crippen LogP contribution in [0.2, 0.25) is 5.02 Å². The molecule has 1 aliphatic rings. The van der Waals surface area contributed by atoms with E-state index in [-0.39, 0.29) is 0 Å². The lowest BCUT2D eigenvalue weighted by molar-refractivity contribution is 0.405. The van der Waals surface area contributed by atoms with Gasteiger partial charge in [-0.2, -0.15) is 10.1 Å². The molecule has 1 heterocycles. The van der Waals surface area contributed by atoms with Gasteiger partial charge in [-0.05, 0) is 12.8 Å². The normalized spacial score (nSPS) is 14.8. The van der Waals surface area contributed by atoms with Crippen molar-refractivity contribution in [1.29, 1.82) is 0 Å². The number of methoxy groups -OCH3 is 2. The predicted molar refractivity (Wildman–Crippen MR) is 98.2 cm³/mol. The molecule has 1 aromatic heterocycles. The molecule has 134 valence electrons. The molecule has 2 aromatic rings. The fourth-order valence-corrected chi connectivity index (χ4v) is 3.19. The molecule has 0 spiro atoms. The largest absolute Gasteiger partial charge is 0.495 e. The van der Waals surface area contributed by atoms with Crippen LogP contribution in [0.15, 0.2) is 18.3 Å². The van der Waals surface area contributed by atoms with Crippen LogP contribution in [0, 0.1) is 0 Å². The molecule has 0 aliphatic heterocycles. The van der Waals surface area contributed by atoms with E-state index < -0.39 is 0 Å². The summed E-state index contributed by atoms with van der Waals surface area (Å²) >= 11 is 6.13. The van der Waals surface area contributed by atoms with Gasteiger partial charge in [-0.15, -0.1) is 5.10 Å². The molecule has 0 unspecified atom stereocenters. The van der Waals surface area contributed by atoms with Gasteiger partial charge in [0.2, 0.25) is 5.95 Å². The molecule has 0 amide bonds. The van der Waals surface area contributed by atoms with E-state index in [0.29, 0.717) is 40.0 Å². The number of hydrogen-bond acceptors (Lipinski definition) is 7. The molecule has 2 N–H and O–H groups in total. The molecule has 1 aromatic carbocycles. The minimum Gasteiger partial charge on any atom is -0.495 e. The van der Waals surface area contributed by atoms with E-state index in [2.05, 4.69) is 25.8 Å². The van der Waals surface area contributed by atoms with E-state index in [9.17, 15) is 0 Å². The van der Waals surface area contributed by atoms with Crippen LogP contribution in [0.25, 0.3) is 0 Å². The summed E-state index contributed by atoms with van der Waals surface area (Å²) < 4.78 is 10.6. The van der Waals surface area contributed by atoms with Crippen LogP contribution in [0.3, 0.4) is 0 Å². The summed E-state index contributed by atoms with van der Waals surface area (Å²) in [6, 6.07) is 3.87. The third kappa shape index (κ3) is 4.42. The van der Waals surface area contributed by atoms with Crippen molar-refractivity contribution in [3.05, 3.63) is 23.4 Å². The average Bonchev–Trinajstić information content (AvgIpc) is 2.64. The van der Waals surface area contributed by atoms with Gasteiger partial charge in [0, 0.05) is 18.2 Å². The van der Waals surface area contributed by atoms with Gasteiger partial charge in [0.15, 0.2) is 5.82 Å². The number of benzene rings is 1. The highest BCUT2D eigenvalue weighted by Gasteiger charge is 2.15. The Bertz CT molecular complexity index is 722. The molecule has 0 bridgehead atoms. The first-order valence-electron chi connectivity index (χ1n) is 8.34. The quantitative estimate of drug-likeness (QED) is 0.801. The van der Waals surface area contributed by atoms with Gasteiger partial charge < -0.3 is 20.1 Å². The first kappa shape index (κ1) is 17.5. The zero-order valence-electron chi connectivity index (χ0n) is 14.4. The summed E-state index contributed by atoms with van der Waals surface area (Å²) in [7, 11) is 3.13. The lowest BCUT2D eigenvalue weighted by atomic mass is 9.96. The average molecular weight is 364 g/mol. The van der Waals surface area contributed by atoms with Gasteiger partial charge in [-0.3, -0.25) is 0 Å². The van der Waals surface area contributed by atoms with Crippen molar-refractivity contribution in [2.75, 3.05) is 24.9 Å². The number of ether oxygens (including phenoxy) is 2. The van der Waals surface area contributed by atoms with Crippen molar-refractivity contribution >= 4 is 29.1 Å². The van der Waals surface area contributed by atoms with E-state index in [1.165, 1.54) is 19.3 Å². The minimum atomic E-state index is 0.378. The van der Waals surface area contributed by atoms with Crippen molar-refractivity contribution < 1.29 is 9.47 Å². The van der Waals surface area contributed by atoms with Crippen LogP contribution in [0.4, 0.5) is 17.5 Å². The molecule has 3 rings (SSSR count). The van der Waals surface area contributed by atoms with Gasteiger partial charge in [-0.25, -0.2) is 0 Å². The number of nitrogens with one attached hydrogen (secondary N) is 2. The molecule has 25 heavy (non-hydrogen) atoms. The van der Waals surface area contributed by atoms with E-state index in [1.54, 1.807) is 32.5 Å². The van der Waals surface area contributed by atoms with Crippen LogP contribution < -0.4 is 20.1 Å². The SMILES string of the molecule is COc1cc(Nc2nncc(NC3CCCCC3)n2)c(OC)cc1Cl. The molecule has 1 saturated carbocycles. The summed E-state index contributed by atoms with van der Waals surface area (Å²) in [6.45, 7) is 0. The zero-order valence-corrected chi connectivity index (χ0v) is 15.1. The number of anilines is 3. The van der Waals surface area contributed by atoms with Crippen molar-refractivity contribution in [2.45, 2.75) is 38.1 Å². The first-order chi connectivity index (χ1) is 12.2. The standard InChI is InChI=1S/C17H22ClN5O2/c1-24-14-9-13(15(25-2)8-12(14)18)21-17-22-16(10-19-23-17)20-11-6-4-3-5-7-11/h8-11H,3-7H2,1-2H3,(H2,20,21,22,23). The fourth-order valence-electron chi connectivity index (χ4n) is 2.96. The highest BCUT2D eigenvalue weighted by atomic mass is 35.5. The van der Waals surface area contributed by atoms with E-state index in [1.807, 2.05) is 0 Å². The van der Waals surface area contributed by atoms with Crippen LogP contribution in [-0.2, 0) is 0 Å². The maximum Gasteiger partial charge on any atom is 0.249 e. The molecule has 0 atom stereocenters. The van der Waals surface area contributed by atoms with Crippen molar-refractivity contribution in [1.82, 2.24) is 15.2 Å². The van der Waals surface area contributed by atoms with Crippen LogP contribution in [0.5, 0.6) is 11.5 Å². The lowest BCUT2D eigenvalue weighted by Crippen LogP contribution is -2.23. The number of rotatable bonds is 6. The zero-order chi connectivity index (χ0) is 17.6. The molecule has 1 fully saturated rings. The highest BCUT2D eigenvalue weighted by Crippen LogP contribution is 2.36. The number of nitrogens with zero attached hydrogens (tertiary/aromatic N) is 3. The second kappa shape index (κ2) is 8.20. The predicted octanol–water partition coefficient (Wildman–Crippen LogP) is 4.03. The van der Waals surface area contributed by atoms with Crippen molar-refractivity contribution in [3.8, 4) is 11.5 Å². The first-order valence-corrected chi connectivity index (χ1v) is 8.72. The van der Waals surface area contributed by atoms with Gasteiger partial charge in [0.05, 0.1) is 31.1 Å². The van der Waals surface area contributed by atoms with Crippen molar-refractivity contribution in [3.63, 3.8) is 0 Å². The van der Waals surface area contributed by atoms with Crippen LogP contribution in [-0.4, -0.2) is 35.4 Å². The van der Waals surface area contributed by atoms with Crippen molar-refractivity contribution in [2.24, 2.45) is 0 Å². The molecule has 8 heteroatoms. The number of hydrogen-bond donors (Lipinski definition) is 2. The Balaban J connectivity index is 1.77. The summed E-state index contributed by atoms with van der Waals surface area (Å²) in [5.74, 6) is 2.20. The Kier molecular flexibility index (Phi) is 5.75. The Morgan fingerprint density at radius 1 is 1.08 bits per heavy atom. The highest BCUT2D eigenvalue weighted by molar-refractivity contribution is 6.32. The second-order valence-corrected chi connectivity index (χ2v) is 6.36. The number of aromatic nitrogens is 3. The molecule has 0 radical (unpaired) electrons. The monoisotopic (exact) mass is 363 g/mol. The number of halogens is 1. The molecule has 0 saturated heterocycles. The van der Waals surface area contributed by atoms with Gasteiger partial charge in [-0.1, -0.05) is 30.9 Å². The molecule has 7 nitrogen and oxygen atoms in total. The van der Waals surface area contributed by atoms with E-state index in [4.69, 9.17) is 21.1 Å². The van der Waals surface area contributed by atoms with E-state index in [0.717, 1.165) is 12.8 Å². The van der Waals surface area contributed by atoms with E-state index >= 15 is 0 Å². The Morgan fingerprint density at radius 2 is 1.84 bits per heavy atom. The molecular formula is C17H22ClN5O2. The van der Waals surface area contributed by atoms with Gasteiger partial charge >= 0.3 is 0 Å². The lowest BCUT2D eigenvalue weighted by Gasteiger charge is -2.23. The Hall–Kier alpha value is -2.28. The van der Waals surface area contributed by atoms with Gasteiger partial charge in [0.25, 0.3) is 0 Å². The third-order valence-corrected chi connectivity index (χ3v) is 4.53. The third-order valence-electron chi connectivity index (χ3n) is 4.24. The Labute approximate surface area is 152 Å². The van der Waals surface area contributed by atoms with Crippen LogP contribution in [0.1, 0.15) is 32.1 Å². The Morgan fingerprint density at radius 3 is 2.56 bits per heavy atom. The molecular weight excluding hydrogens is 342 g/mol. The van der Waals surface area contributed by atoms with Gasteiger partial charge in [0.1, 0.15) is 11.5 Å². The summed E-state index contributed by atoms with van der Waals surface area (Å²) in [4.78, 5) is 4.49. The summed E-state index contributed by atoms with van der Waals surface area (Å²) in [5.41, 5.74) is 0.653. The van der Waals surface area contributed by atoms with Crippen LogP contribution >= 0.6 is 11.6 Å². The minimum absolute atomic E-state index is 0.378. The summed E-state index contributed by atoms with van der Waals surface area (Å²) in [5, 5.41) is 15.1. The molecule has 1 aliphatic carbocycles. The second-order valence-electron chi connectivity index (χ2n) is 5.96. The maximum atomic E-state index is 6.13. The summed E-state index contributed by atoms with van der Waals surface area (Å²) in [6.07, 6.45) is 7.78.